The predicted molar refractivity (Wildman–Crippen MR) is 106 cm³/mol. The smallest absolute Gasteiger partial charge is 0.338 e. The number of esters is 1. The minimum Gasteiger partial charge on any atom is -0.508 e. The topological polar surface area (TPSA) is 120 Å². The van der Waals surface area contributed by atoms with Gasteiger partial charge in [0.1, 0.15) is 17.1 Å². The third-order valence-electron chi connectivity index (χ3n) is 4.66. The van der Waals surface area contributed by atoms with E-state index in [1.807, 2.05) is 0 Å². The average molecular weight is 389 g/mol. The van der Waals surface area contributed by atoms with Crippen LogP contribution in [0.15, 0.2) is 63.8 Å². The number of benzene rings is 3. The molecule has 0 atom stereocenters. The lowest BCUT2D eigenvalue weighted by atomic mass is 9.89. The van der Waals surface area contributed by atoms with E-state index in [1.54, 1.807) is 12.1 Å². The van der Waals surface area contributed by atoms with E-state index in [4.69, 9.17) is 14.9 Å². The van der Waals surface area contributed by atoms with Crippen molar-refractivity contribution in [2.24, 2.45) is 5.73 Å². The molecular weight excluding hydrogens is 374 g/mol. The Kier molecular flexibility index (Phi) is 4.27. The fourth-order valence-electron chi connectivity index (χ4n) is 3.34. The first kappa shape index (κ1) is 18.2. The highest BCUT2D eigenvalue weighted by Gasteiger charge is 2.23. The van der Waals surface area contributed by atoms with Gasteiger partial charge in [-0.05, 0) is 48.0 Å². The second-order valence-corrected chi connectivity index (χ2v) is 6.43. The molecule has 2 aliphatic rings. The summed E-state index contributed by atoms with van der Waals surface area (Å²) >= 11 is 0. The van der Waals surface area contributed by atoms with Gasteiger partial charge in [0.2, 0.25) is 5.91 Å². The Morgan fingerprint density at radius 1 is 1.00 bits per heavy atom. The highest BCUT2D eigenvalue weighted by molar-refractivity contribution is 6.09. The van der Waals surface area contributed by atoms with Crippen molar-refractivity contribution in [2.45, 2.75) is 0 Å². The summed E-state index contributed by atoms with van der Waals surface area (Å²) in [5.74, 6) is -1.01. The largest absolute Gasteiger partial charge is 0.508 e. The van der Waals surface area contributed by atoms with Crippen molar-refractivity contribution in [3.8, 4) is 28.2 Å². The Morgan fingerprint density at radius 3 is 2.52 bits per heavy atom. The highest BCUT2D eigenvalue weighted by atomic mass is 16.5. The van der Waals surface area contributed by atoms with Crippen molar-refractivity contribution >= 4 is 22.8 Å². The van der Waals surface area contributed by atoms with Gasteiger partial charge in [0.15, 0.2) is 5.43 Å². The van der Waals surface area contributed by atoms with Crippen LogP contribution in [0.4, 0.5) is 0 Å². The van der Waals surface area contributed by atoms with Crippen molar-refractivity contribution < 1.29 is 23.8 Å². The summed E-state index contributed by atoms with van der Waals surface area (Å²) in [6.45, 7) is 0. The van der Waals surface area contributed by atoms with Gasteiger partial charge in [-0.15, -0.1) is 0 Å². The van der Waals surface area contributed by atoms with Crippen molar-refractivity contribution in [1.82, 2.24) is 0 Å². The van der Waals surface area contributed by atoms with Crippen molar-refractivity contribution in [3.63, 3.8) is 0 Å². The number of carbonyl (C=O) groups is 2. The maximum Gasteiger partial charge on any atom is 0.338 e. The van der Waals surface area contributed by atoms with Crippen molar-refractivity contribution in [1.29, 1.82) is 0 Å². The number of rotatable bonds is 3. The Balaban J connectivity index is 2.20. The third-order valence-corrected chi connectivity index (χ3v) is 4.66. The maximum absolute atomic E-state index is 12.4. The van der Waals surface area contributed by atoms with E-state index in [-0.39, 0.29) is 28.1 Å². The molecule has 1 aliphatic heterocycles. The van der Waals surface area contributed by atoms with Gasteiger partial charge in [0.25, 0.3) is 0 Å². The number of methoxy groups -OCH3 is 1. The number of phenols is 1. The number of amides is 1. The van der Waals surface area contributed by atoms with Crippen molar-refractivity contribution in [3.05, 3.63) is 75.9 Å². The first-order valence-corrected chi connectivity index (χ1v) is 8.61. The summed E-state index contributed by atoms with van der Waals surface area (Å²) in [5.41, 5.74) is 7.39. The average Bonchev–Trinajstić information content (AvgIpc) is 2.70. The van der Waals surface area contributed by atoms with Crippen LogP contribution in [0.5, 0.6) is 5.75 Å². The normalized spacial score (nSPS) is 10.9. The number of nitrogens with two attached hydrogens (primary N) is 1. The van der Waals surface area contributed by atoms with Gasteiger partial charge in [-0.3, -0.25) is 9.59 Å². The van der Waals surface area contributed by atoms with E-state index in [0.29, 0.717) is 27.7 Å². The molecule has 1 heterocycles. The van der Waals surface area contributed by atoms with Crippen LogP contribution in [0.1, 0.15) is 20.7 Å². The van der Waals surface area contributed by atoms with E-state index < -0.39 is 11.9 Å². The number of hydrogen-bond donors (Lipinski definition) is 2. The number of primary amides is 1. The molecule has 29 heavy (non-hydrogen) atoms. The molecule has 2 aromatic rings. The molecule has 0 unspecified atom stereocenters. The van der Waals surface area contributed by atoms with Gasteiger partial charge in [0.05, 0.1) is 12.7 Å². The van der Waals surface area contributed by atoms with E-state index in [2.05, 4.69) is 0 Å². The Labute approximate surface area is 164 Å². The van der Waals surface area contributed by atoms with Gasteiger partial charge in [0, 0.05) is 34.2 Å². The van der Waals surface area contributed by atoms with Crippen LogP contribution >= 0.6 is 0 Å². The molecule has 3 N–H and O–H groups in total. The second kappa shape index (κ2) is 6.79. The Morgan fingerprint density at radius 2 is 1.79 bits per heavy atom. The number of ether oxygens (including phenoxy) is 1. The first-order chi connectivity index (χ1) is 13.9. The van der Waals surface area contributed by atoms with E-state index in [9.17, 15) is 19.5 Å². The molecule has 0 saturated heterocycles. The molecule has 144 valence electrons. The van der Waals surface area contributed by atoms with Gasteiger partial charge in [-0.1, -0.05) is 0 Å². The first-order valence-electron chi connectivity index (χ1n) is 8.61. The number of carbonyl (C=O) groups excluding carboxylic acids is 2. The zero-order valence-corrected chi connectivity index (χ0v) is 15.3. The number of phenolic OH excluding ortho intramolecular Hbond substituents is 1. The zero-order valence-electron chi connectivity index (χ0n) is 15.3. The predicted octanol–water partition coefficient (Wildman–Crippen LogP) is 3.16. The molecule has 4 rings (SSSR count). The molecule has 0 saturated carbocycles. The van der Waals surface area contributed by atoms with Crippen LogP contribution in [0.2, 0.25) is 0 Å². The molecule has 7 nitrogen and oxygen atoms in total. The van der Waals surface area contributed by atoms with Crippen LogP contribution in [0.3, 0.4) is 0 Å². The molecule has 0 bridgehead atoms. The molecule has 0 fully saturated rings. The summed E-state index contributed by atoms with van der Waals surface area (Å²) in [5, 5.41) is 10.4. The molecule has 2 aromatic carbocycles. The summed E-state index contributed by atoms with van der Waals surface area (Å²) in [6.07, 6.45) is 0. The minimum atomic E-state index is -0.656. The molecule has 0 spiro atoms. The lowest BCUT2D eigenvalue weighted by molar-refractivity contribution is 0.0601. The standard InChI is InChI=1S/C22H15NO6/c1-28-22(27)14-5-2-11(21(23)26)8-17(14)20-15-6-3-12(24)9-18(15)29-19-10-13(25)4-7-16(19)20/h2-10,24H,1H3,(H2,23,26). The number of aromatic hydroxyl groups is 1. The fraction of sp³-hybridized carbons (Fsp3) is 0.0455. The third kappa shape index (κ3) is 3.08. The molecule has 1 amide bonds. The van der Waals surface area contributed by atoms with E-state index in [0.717, 1.165) is 0 Å². The summed E-state index contributed by atoms with van der Waals surface area (Å²) in [4.78, 5) is 36.0. The molecule has 0 aromatic heterocycles. The summed E-state index contributed by atoms with van der Waals surface area (Å²) < 4.78 is 10.7. The van der Waals surface area contributed by atoms with Gasteiger partial charge in [-0.2, -0.15) is 0 Å². The van der Waals surface area contributed by atoms with Gasteiger partial charge < -0.3 is 20.0 Å². The monoisotopic (exact) mass is 389 g/mol. The number of hydrogen-bond acceptors (Lipinski definition) is 6. The zero-order chi connectivity index (χ0) is 20.7. The summed E-state index contributed by atoms with van der Waals surface area (Å²) in [7, 11) is 1.26. The van der Waals surface area contributed by atoms with Crippen molar-refractivity contribution in [2.75, 3.05) is 7.11 Å². The fourth-order valence-corrected chi connectivity index (χ4v) is 3.34. The molecule has 1 aliphatic carbocycles. The quantitative estimate of drug-likeness (QED) is 0.410. The SMILES string of the molecule is COC(=O)c1ccc(C(N)=O)cc1-c1c2ccc(=O)cc-2oc2cc(O)ccc12. The lowest BCUT2D eigenvalue weighted by Crippen LogP contribution is -2.13. The van der Waals surface area contributed by atoms with E-state index in [1.165, 1.54) is 49.6 Å². The molecule has 7 heteroatoms. The van der Waals surface area contributed by atoms with Crippen LogP contribution < -0.4 is 11.2 Å². The molecule has 0 radical (unpaired) electrons. The van der Waals surface area contributed by atoms with E-state index >= 15 is 0 Å². The van der Waals surface area contributed by atoms with Crippen LogP contribution in [-0.2, 0) is 4.74 Å². The Bertz CT molecular complexity index is 1320. The second-order valence-electron chi connectivity index (χ2n) is 6.43. The lowest BCUT2D eigenvalue weighted by Gasteiger charge is -2.17. The van der Waals surface area contributed by atoms with Crippen LogP contribution in [0.25, 0.3) is 33.4 Å². The Hall–Kier alpha value is -4.13. The maximum atomic E-state index is 12.4. The summed E-state index contributed by atoms with van der Waals surface area (Å²) in [6, 6.07) is 13.2. The minimum absolute atomic E-state index is 0.0242. The van der Waals surface area contributed by atoms with Crippen LogP contribution in [0, 0.1) is 0 Å². The van der Waals surface area contributed by atoms with Gasteiger partial charge >= 0.3 is 5.97 Å². The highest BCUT2D eigenvalue weighted by Crippen LogP contribution is 2.42. The van der Waals surface area contributed by atoms with Gasteiger partial charge in [-0.25, -0.2) is 4.79 Å². The number of fused-ring (bicyclic) bond motifs is 2. The molecular formula is C22H15NO6. The van der Waals surface area contributed by atoms with Crippen LogP contribution in [-0.4, -0.2) is 24.1 Å².